The number of aryl methyl sites for hydroxylation is 2. The quantitative estimate of drug-likeness (QED) is 0.687. The molecule has 1 aliphatic heterocycles. The highest BCUT2D eigenvalue weighted by Gasteiger charge is 2.27. The number of nitrogens with zero attached hydrogens (tertiary/aromatic N) is 1. The van der Waals surface area contributed by atoms with E-state index in [0.717, 1.165) is 11.5 Å². The molecule has 0 N–H and O–H groups in total. The van der Waals surface area contributed by atoms with Crippen LogP contribution in [0.2, 0.25) is 0 Å². The molecule has 2 heteroatoms. The van der Waals surface area contributed by atoms with E-state index < -0.39 is 0 Å². The van der Waals surface area contributed by atoms with E-state index in [2.05, 4.69) is 50.9 Å². The van der Waals surface area contributed by atoms with Gasteiger partial charge < -0.3 is 4.74 Å². The van der Waals surface area contributed by atoms with Crippen LogP contribution in [0.15, 0.2) is 23.2 Å². The molecule has 2 nitrogen and oxygen atoms in total. The van der Waals surface area contributed by atoms with Crippen molar-refractivity contribution in [3.05, 3.63) is 34.9 Å². The summed E-state index contributed by atoms with van der Waals surface area (Å²) in [7, 11) is 0. The number of ether oxygens (including phenoxy) is 1. The molecule has 80 valence electrons. The average molecular weight is 203 g/mol. The molecule has 0 saturated heterocycles. The van der Waals surface area contributed by atoms with Gasteiger partial charge in [-0.2, -0.15) is 0 Å². The van der Waals surface area contributed by atoms with Crippen LogP contribution in [0.25, 0.3) is 0 Å². The Kier molecular flexibility index (Phi) is 2.29. The molecule has 0 amide bonds. The van der Waals surface area contributed by atoms with Crippen molar-refractivity contribution in [2.24, 2.45) is 4.99 Å². The fourth-order valence-electron chi connectivity index (χ4n) is 1.78. The fourth-order valence-corrected chi connectivity index (χ4v) is 1.78. The number of rotatable bonds is 1. The summed E-state index contributed by atoms with van der Waals surface area (Å²) in [5.41, 5.74) is 3.54. The van der Waals surface area contributed by atoms with Gasteiger partial charge in [-0.15, -0.1) is 0 Å². The Morgan fingerprint density at radius 1 is 1.27 bits per heavy atom. The highest BCUT2D eigenvalue weighted by Crippen LogP contribution is 2.22. The predicted octanol–water partition coefficient (Wildman–Crippen LogP) is 2.86. The first-order chi connectivity index (χ1) is 6.98. The third-order valence-electron chi connectivity index (χ3n) is 2.58. The normalized spacial score (nSPS) is 18.5. The van der Waals surface area contributed by atoms with Crippen LogP contribution in [-0.4, -0.2) is 18.0 Å². The van der Waals surface area contributed by atoms with E-state index in [1.807, 2.05) is 0 Å². The molecule has 0 unspecified atom stereocenters. The molecule has 0 fully saturated rings. The lowest BCUT2D eigenvalue weighted by atomic mass is 10.1. The Morgan fingerprint density at radius 2 is 2.00 bits per heavy atom. The molecule has 1 aliphatic rings. The van der Waals surface area contributed by atoms with E-state index in [1.165, 1.54) is 11.1 Å². The average Bonchev–Trinajstić information content (AvgIpc) is 2.46. The van der Waals surface area contributed by atoms with Crippen molar-refractivity contribution < 1.29 is 4.74 Å². The Hall–Kier alpha value is -1.31. The maximum atomic E-state index is 5.62. The van der Waals surface area contributed by atoms with E-state index in [-0.39, 0.29) is 5.54 Å². The Balaban J connectivity index is 2.39. The van der Waals surface area contributed by atoms with Crippen LogP contribution in [0.1, 0.15) is 30.5 Å². The van der Waals surface area contributed by atoms with Crippen molar-refractivity contribution in [1.82, 2.24) is 0 Å². The fraction of sp³-hybridized carbons (Fsp3) is 0.462. The molecule has 1 heterocycles. The van der Waals surface area contributed by atoms with Crippen molar-refractivity contribution in [3.8, 4) is 0 Å². The van der Waals surface area contributed by atoms with Gasteiger partial charge in [-0.05, 0) is 39.3 Å². The molecule has 0 atom stereocenters. The summed E-state index contributed by atoms with van der Waals surface area (Å²) >= 11 is 0. The van der Waals surface area contributed by atoms with Crippen molar-refractivity contribution in [2.45, 2.75) is 33.2 Å². The minimum absolute atomic E-state index is 0.0767. The maximum absolute atomic E-state index is 5.62. The third kappa shape index (κ3) is 2.04. The molecule has 1 aromatic rings. The zero-order valence-electron chi connectivity index (χ0n) is 9.79. The summed E-state index contributed by atoms with van der Waals surface area (Å²) in [5.74, 6) is 0.789. The van der Waals surface area contributed by atoms with Crippen molar-refractivity contribution in [3.63, 3.8) is 0 Å². The second kappa shape index (κ2) is 3.37. The Morgan fingerprint density at radius 3 is 2.53 bits per heavy atom. The molecule has 0 saturated carbocycles. The first-order valence-corrected chi connectivity index (χ1v) is 5.28. The van der Waals surface area contributed by atoms with Gasteiger partial charge in [0.1, 0.15) is 6.61 Å². The lowest BCUT2D eigenvalue weighted by Gasteiger charge is -2.07. The highest BCUT2D eigenvalue weighted by atomic mass is 16.5. The van der Waals surface area contributed by atoms with E-state index in [9.17, 15) is 0 Å². The smallest absolute Gasteiger partial charge is 0.217 e. The molecular weight excluding hydrogens is 186 g/mol. The Labute approximate surface area is 91.0 Å². The zero-order valence-corrected chi connectivity index (χ0v) is 9.79. The van der Waals surface area contributed by atoms with Crippen LogP contribution in [0, 0.1) is 13.8 Å². The molecule has 2 rings (SSSR count). The SMILES string of the molecule is Cc1ccc(C2=NC(C)(C)CO2)c(C)c1. The van der Waals surface area contributed by atoms with E-state index in [4.69, 9.17) is 4.74 Å². The minimum atomic E-state index is -0.0767. The number of aliphatic imine (C=N–C) groups is 1. The monoisotopic (exact) mass is 203 g/mol. The Bertz CT molecular complexity index is 419. The van der Waals surface area contributed by atoms with Gasteiger partial charge in [-0.3, -0.25) is 0 Å². The second-order valence-corrected chi connectivity index (χ2v) is 4.84. The summed E-state index contributed by atoms with van der Waals surface area (Å²) in [6.45, 7) is 9.04. The van der Waals surface area contributed by atoms with E-state index in [1.54, 1.807) is 0 Å². The summed E-state index contributed by atoms with van der Waals surface area (Å²) in [6.07, 6.45) is 0. The molecule has 0 bridgehead atoms. The van der Waals surface area contributed by atoms with Crippen LogP contribution in [0.3, 0.4) is 0 Å². The van der Waals surface area contributed by atoms with Crippen LogP contribution in [0.4, 0.5) is 0 Å². The van der Waals surface area contributed by atoms with Gasteiger partial charge in [0.2, 0.25) is 5.90 Å². The third-order valence-corrected chi connectivity index (χ3v) is 2.58. The summed E-state index contributed by atoms with van der Waals surface area (Å²) in [5, 5.41) is 0. The molecule has 1 aromatic carbocycles. The summed E-state index contributed by atoms with van der Waals surface area (Å²) in [6, 6.07) is 6.34. The van der Waals surface area contributed by atoms with Gasteiger partial charge in [0, 0.05) is 5.56 Å². The van der Waals surface area contributed by atoms with Gasteiger partial charge in [-0.25, -0.2) is 4.99 Å². The second-order valence-electron chi connectivity index (χ2n) is 4.84. The number of benzene rings is 1. The van der Waals surface area contributed by atoms with Crippen molar-refractivity contribution in [1.29, 1.82) is 0 Å². The standard InChI is InChI=1S/C13H17NO/c1-9-5-6-11(10(2)7-9)12-14-13(3,4)8-15-12/h5-7H,8H2,1-4H3. The molecule has 15 heavy (non-hydrogen) atoms. The molecule has 0 aromatic heterocycles. The van der Waals surface area contributed by atoms with Gasteiger partial charge in [-0.1, -0.05) is 17.7 Å². The predicted molar refractivity (Wildman–Crippen MR) is 62.5 cm³/mol. The van der Waals surface area contributed by atoms with Gasteiger partial charge in [0.25, 0.3) is 0 Å². The number of hydrogen-bond acceptors (Lipinski definition) is 2. The number of hydrogen-bond donors (Lipinski definition) is 0. The summed E-state index contributed by atoms with van der Waals surface area (Å²) < 4.78 is 5.62. The lowest BCUT2D eigenvalue weighted by molar-refractivity contribution is 0.279. The topological polar surface area (TPSA) is 21.6 Å². The van der Waals surface area contributed by atoms with Crippen LogP contribution >= 0.6 is 0 Å². The molecule has 0 aliphatic carbocycles. The van der Waals surface area contributed by atoms with Crippen LogP contribution in [0.5, 0.6) is 0 Å². The van der Waals surface area contributed by atoms with Crippen molar-refractivity contribution in [2.75, 3.05) is 6.61 Å². The largest absolute Gasteiger partial charge is 0.475 e. The van der Waals surface area contributed by atoms with Gasteiger partial charge in [0.15, 0.2) is 0 Å². The first-order valence-electron chi connectivity index (χ1n) is 5.28. The molecular formula is C13H17NO. The van der Waals surface area contributed by atoms with Crippen molar-refractivity contribution >= 4 is 5.90 Å². The van der Waals surface area contributed by atoms with E-state index >= 15 is 0 Å². The van der Waals surface area contributed by atoms with Gasteiger partial charge in [0.05, 0.1) is 5.54 Å². The van der Waals surface area contributed by atoms with Crippen LogP contribution < -0.4 is 0 Å². The molecule has 0 radical (unpaired) electrons. The van der Waals surface area contributed by atoms with Crippen LogP contribution in [-0.2, 0) is 4.74 Å². The van der Waals surface area contributed by atoms with E-state index in [0.29, 0.717) is 6.61 Å². The summed E-state index contributed by atoms with van der Waals surface area (Å²) in [4.78, 5) is 4.58. The zero-order chi connectivity index (χ0) is 11.1. The van der Waals surface area contributed by atoms with Gasteiger partial charge >= 0.3 is 0 Å². The first kappa shape index (κ1) is 10.2. The highest BCUT2D eigenvalue weighted by molar-refractivity contribution is 5.96. The molecule has 0 spiro atoms. The minimum Gasteiger partial charge on any atom is -0.475 e. The lowest BCUT2D eigenvalue weighted by Crippen LogP contribution is -2.17. The maximum Gasteiger partial charge on any atom is 0.217 e.